The molecule has 0 unspecified atom stereocenters. The second-order valence-corrected chi connectivity index (χ2v) is 10.6. The molecule has 0 heterocycles. The van der Waals surface area contributed by atoms with Gasteiger partial charge in [0.15, 0.2) is 0 Å². The maximum atomic E-state index is 12.7. The van der Waals surface area contributed by atoms with Crippen molar-refractivity contribution in [3.63, 3.8) is 0 Å². The van der Waals surface area contributed by atoms with Crippen LogP contribution in [0.2, 0.25) is 0 Å². The maximum absolute atomic E-state index is 12.7. The molecule has 4 aliphatic rings. The zero-order valence-corrected chi connectivity index (χ0v) is 18.8. The number of rotatable bonds is 5. The lowest BCUT2D eigenvalue weighted by molar-refractivity contribution is -0.161. The quantitative estimate of drug-likeness (QED) is 0.488. The number of carbonyl (C=O) groups excluding carboxylic acids is 2. The van der Waals surface area contributed by atoms with E-state index in [4.69, 9.17) is 9.47 Å². The molecule has 0 aromatic carbocycles. The molecule has 4 saturated carbocycles. The van der Waals surface area contributed by atoms with Crippen LogP contribution in [0.15, 0.2) is 0 Å². The van der Waals surface area contributed by atoms with Crippen LogP contribution in [0.5, 0.6) is 0 Å². The molecule has 4 rings (SSSR count). The van der Waals surface area contributed by atoms with Gasteiger partial charge in [-0.3, -0.25) is 9.59 Å². The minimum Gasteiger partial charge on any atom is -0.462 e. The molecule has 30 heavy (non-hydrogen) atoms. The molecule has 0 saturated heterocycles. The van der Waals surface area contributed by atoms with Crippen LogP contribution < -0.4 is 0 Å². The van der Waals surface area contributed by atoms with Gasteiger partial charge in [0, 0.05) is 0 Å². The molecule has 0 atom stereocenters. The summed E-state index contributed by atoms with van der Waals surface area (Å²) in [6.45, 7) is 0. The standard InChI is InChI=1S/C26H42O4/c27-25(21-9-5-2-6-10-21)29-24-17-13-22(14-18-24)26(28)30-23-15-11-20(12-16-23)19-7-3-1-4-8-19/h19-24H,1-18H2. The first-order chi connectivity index (χ1) is 14.7. The second kappa shape index (κ2) is 11.0. The first-order valence-corrected chi connectivity index (χ1v) is 13.1. The summed E-state index contributed by atoms with van der Waals surface area (Å²) in [5.74, 6) is 1.94. The Bertz CT molecular complexity index is 545. The molecule has 0 aromatic rings. The minimum absolute atomic E-state index is 0.00528. The Labute approximate surface area is 182 Å². The van der Waals surface area contributed by atoms with E-state index in [2.05, 4.69) is 0 Å². The number of hydrogen-bond donors (Lipinski definition) is 0. The van der Waals surface area contributed by atoms with Gasteiger partial charge in [-0.25, -0.2) is 0 Å². The third-order valence-electron chi connectivity index (χ3n) is 8.55. The number of hydrogen-bond acceptors (Lipinski definition) is 4. The molecule has 170 valence electrons. The van der Waals surface area contributed by atoms with E-state index in [0.29, 0.717) is 0 Å². The van der Waals surface area contributed by atoms with Crippen molar-refractivity contribution in [2.75, 3.05) is 0 Å². The van der Waals surface area contributed by atoms with Crippen molar-refractivity contribution in [3.05, 3.63) is 0 Å². The van der Waals surface area contributed by atoms with Gasteiger partial charge in [-0.15, -0.1) is 0 Å². The van der Waals surface area contributed by atoms with E-state index >= 15 is 0 Å². The fourth-order valence-corrected chi connectivity index (χ4v) is 6.56. The smallest absolute Gasteiger partial charge is 0.309 e. The Kier molecular flexibility index (Phi) is 8.12. The van der Waals surface area contributed by atoms with Crippen molar-refractivity contribution in [1.82, 2.24) is 0 Å². The zero-order valence-electron chi connectivity index (χ0n) is 18.8. The van der Waals surface area contributed by atoms with Crippen LogP contribution in [0.25, 0.3) is 0 Å². The lowest BCUT2D eigenvalue weighted by Gasteiger charge is -2.36. The van der Waals surface area contributed by atoms with Crippen molar-refractivity contribution in [2.24, 2.45) is 23.7 Å². The van der Waals surface area contributed by atoms with Crippen LogP contribution in [0.4, 0.5) is 0 Å². The molecule has 4 heteroatoms. The molecule has 0 amide bonds. The molecule has 0 radical (unpaired) electrons. The Morgan fingerprint density at radius 3 is 1.37 bits per heavy atom. The van der Waals surface area contributed by atoms with Crippen molar-refractivity contribution < 1.29 is 19.1 Å². The largest absolute Gasteiger partial charge is 0.462 e. The highest BCUT2D eigenvalue weighted by molar-refractivity contribution is 5.73. The normalized spacial score (nSPS) is 34.3. The molecular formula is C26H42O4. The topological polar surface area (TPSA) is 52.6 Å². The summed E-state index contributed by atoms with van der Waals surface area (Å²) in [5, 5.41) is 0. The van der Waals surface area contributed by atoms with Crippen LogP contribution in [-0.4, -0.2) is 24.1 Å². The number of ether oxygens (including phenoxy) is 2. The predicted octanol–water partition coefficient (Wildman–Crippen LogP) is 6.35. The summed E-state index contributed by atoms with van der Waals surface area (Å²) in [6.07, 6.45) is 20.6. The SMILES string of the molecule is O=C(OC1CCC(C(=O)OC2CCC(C3CCCCC3)CC2)CC1)C1CCCCC1. The fraction of sp³-hybridized carbons (Fsp3) is 0.923. The zero-order chi connectivity index (χ0) is 20.8. The molecule has 0 aromatic heterocycles. The molecule has 0 spiro atoms. The molecular weight excluding hydrogens is 376 g/mol. The fourth-order valence-electron chi connectivity index (χ4n) is 6.56. The van der Waals surface area contributed by atoms with Gasteiger partial charge in [-0.05, 0) is 76.0 Å². The molecule has 0 aliphatic heterocycles. The van der Waals surface area contributed by atoms with E-state index < -0.39 is 0 Å². The molecule has 0 bridgehead atoms. The van der Waals surface area contributed by atoms with Gasteiger partial charge in [0.2, 0.25) is 0 Å². The first kappa shape index (κ1) is 22.1. The Morgan fingerprint density at radius 2 is 0.833 bits per heavy atom. The van der Waals surface area contributed by atoms with Crippen LogP contribution >= 0.6 is 0 Å². The summed E-state index contributed by atoms with van der Waals surface area (Å²) in [4.78, 5) is 25.1. The number of esters is 2. The van der Waals surface area contributed by atoms with E-state index in [1.54, 1.807) is 0 Å². The third kappa shape index (κ3) is 6.01. The number of carbonyl (C=O) groups is 2. The van der Waals surface area contributed by atoms with E-state index in [-0.39, 0.29) is 36.0 Å². The summed E-state index contributed by atoms with van der Waals surface area (Å²) in [7, 11) is 0. The summed E-state index contributed by atoms with van der Waals surface area (Å²) in [5.41, 5.74) is 0. The van der Waals surface area contributed by atoms with E-state index in [0.717, 1.165) is 76.0 Å². The first-order valence-electron chi connectivity index (χ1n) is 13.1. The van der Waals surface area contributed by atoms with E-state index in [1.807, 2.05) is 0 Å². The van der Waals surface area contributed by atoms with Gasteiger partial charge in [0.1, 0.15) is 12.2 Å². The highest BCUT2D eigenvalue weighted by Crippen LogP contribution is 2.39. The van der Waals surface area contributed by atoms with Gasteiger partial charge in [0.25, 0.3) is 0 Å². The maximum Gasteiger partial charge on any atom is 0.309 e. The van der Waals surface area contributed by atoms with Gasteiger partial charge in [-0.2, -0.15) is 0 Å². The van der Waals surface area contributed by atoms with Gasteiger partial charge in [-0.1, -0.05) is 51.4 Å². The lowest BCUT2D eigenvalue weighted by atomic mass is 9.73. The van der Waals surface area contributed by atoms with Crippen LogP contribution in [-0.2, 0) is 19.1 Å². The average Bonchev–Trinajstić information content (AvgIpc) is 2.81. The van der Waals surface area contributed by atoms with E-state index in [9.17, 15) is 9.59 Å². The Morgan fingerprint density at radius 1 is 0.433 bits per heavy atom. The van der Waals surface area contributed by atoms with Crippen LogP contribution in [0.1, 0.15) is 116 Å². The highest BCUT2D eigenvalue weighted by Gasteiger charge is 2.34. The lowest BCUT2D eigenvalue weighted by Crippen LogP contribution is -2.34. The third-order valence-corrected chi connectivity index (χ3v) is 8.55. The molecule has 4 aliphatic carbocycles. The second-order valence-electron chi connectivity index (χ2n) is 10.6. The van der Waals surface area contributed by atoms with Crippen molar-refractivity contribution in [2.45, 2.75) is 128 Å². The van der Waals surface area contributed by atoms with Gasteiger partial charge in [0.05, 0.1) is 11.8 Å². The van der Waals surface area contributed by atoms with Crippen LogP contribution in [0.3, 0.4) is 0 Å². The monoisotopic (exact) mass is 418 g/mol. The molecule has 4 nitrogen and oxygen atoms in total. The Balaban J connectivity index is 1.13. The molecule has 0 N–H and O–H groups in total. The van der Waals surface area contributed by atoms with Gasteiger partial charge < -0.3 is 9.47 Å². The van der Waals surface area contributed by atoms with Crippen molar-refractivity contribution in [3.8, 4) is 0 Å². The summed E-state index contributed by atoms with van der Waals surface area (Å²) in [6, 6.07) is 0. The summed E-state index contributed by atoms with van der Waals surface area (Å²) < 4.78 is 11.7. The van der Waals surface area contributed by atoms with Crippen molar-refractivity contribution in [1.29, 1.82) is 0 Å². The summed E-state index contributed by atoms with van der Waals surface area (Å²) >= 11 is 0. The van der Waals surface area contributed by atoms with Crippen LogP contribution in [0, 0.1) is 23.7 Å². The molecule has 4 fully saturated rings. The predicted molar refractivity (Wildman–Crippen MR) is 117 cm³/mol. The highest BCUT2D eigenvalue weighted by atomic mass is 16.5. The Hall–Kier alpha value is -1.06. The van der Waals surface area contributed by atoms with E-state index in [1.165, 1.54) is 51.4 Å². The van der Waals surface area contributed by atoms with Gasteiger partial charge >= 0.3 is 11.9 Å². The van der Waals surface area contributed by atoms with Crippen molar-refractivity contribution >= 4 is 11.9 Å². The minimum atomic E-state index is 0.00528. The average molecular weight is 419 g/mol.